The Morgan fingerprint density at radius 2 is 1.86 bits per heavy atom. The molecule has 1 atom stereocenters. The zero-order valence-electron chi connectivity index (χ0n) is 13.2. The lowest BCUT2D eigenvalue weighted by molar-refractivity contribution is 0.737. The third-order valence-corrected chi connectivity index (χ3v) is 3.72. The third-order valence-electron chi connectivity index (χ3n) is 3.25. The van der Waals surface area contributed by atoms with Crippen LogP contribution in [-0.4, -0.2) is 30.4 Å². The van der Waals surface area contributed by atoms with E-state index in [0.29, 0.717) is 0 Å². The van der Waals surface area contributed by atoms with E-state index in [2.05, 4.69) is 34.4 Å². The predicted molar refractivity (Wildman–Crippen MR) is 100 cm³/mol. The van der Waals surface area contributed by atoms with Gasteiger partial charge in [0.1, 0.15) is 0 Å². The highest BCUT2D eigenvalue weighted by atomic mass is 32.2. The molecule has 1 aliphatic heterocycles. The van der Waals surface area contributed by atoms with Gasteiger partial charge in [0.25, 0.3) is 0 Å². The summed E-state index contributed by atoms with van der Waals surface area (Å²) in [5, 5.41) is 2.05. The number of hydrogen-bond acceptors (Lipinski definition) is 4. The minimum atomic E-state index is 0.0865. The van der Waals surface area contributed by atoms with Crippen LogP contribution in [-0.2, 0) is 0 Å². The van der Waals surface area contributed by atoms with Crippen LogP contribution in [0.3, 0.4) is 0 Å². The third kappa shape index (κ3) is 4.53. The van der Waals surface area contributed by atoms with Crippen LogP contribution in [0.4, 0.5) is 0 Å². The van der Waals surface area contributed by atoms with Crippen molar-refractivity contribution in [3.8, 4) is 0 Å². The van der Waals surface area contributed by atoms with E-state index in [1.54, 1.807) is 24.2 Å². The summed E-state index contributed by atoms with van der Waals surface area (Å²) < 4.78 is 0. The van der Waals surface area contributed by atoms with Crippen molar-refractivity contribution in [3.05, 3.63) is 53.1 Å². The number of nitrogens with zero attached hydrogens (tertiary/aromatic N) is 3. The van der Waals surface area contributed by atoms with Gasteiger partial charge in [-0.15, -0.1) is 11.8 Å². The molecule has 0 saturated carbocycles. The maximum atomic E-state index is 4.80. The second kappa shape index (κ2) is 8.49. The number of thioether (sulfide) groups is 1. The van der Waals surface area contributed by atoms with Crippen LogP contribution < -0.4 is 0 Å². The predicted octanol–water partition coefficient (Wildman–Crippen LogP) is 4.63. The number of aliphatic imine (C=N–C) groups is 3. The molecule has 0 bridgehead atoms. The van der Waals surface area contributed by atoms with E-state index >= 15 is 0 Å². The van der Waals surface area contributed by atoms with Gasteiger partial charge in [-0.3, -0.25) is 15.0 Å². The highest BCUT2D eigenvalue weighted by molar-refractivity contribution is 8.01. The standard InChI is InChI=1S/C18H21N3S/c1-4-16-18(13-22-3)20-11-10-19-17(12-14(2)21-16)15-8-6-5-7-9-15/h5-13,16H,4H2,1-3H3/b17-12-,18-13+,19-10?,20-11?,21-14?. The Morgan fingerprint density at radius 3 is 2.55 bits per heavy atom. The van der Waals surface area contributed by atoms with Crippen molar-refractivity contribution in [1.82, 2.24) is 0 Å². The van der Waals surface area contributed by atoms with Gasteiger partial charge >= 0.3 is 0 Å². The lowest BCUT2D eigenvalue weighted by Gasteiger charge is -2.12. The van der Waals surface area contributed by atoms with Crippen molar-refractivity contribution in [2.75, 3.05) is 6.26 Å². The Hall–Kier alpha value is -1.94. The smallest absolute Gasteiger partial charge is 0.0925 e. The molecule has 1 aliphatic rings. The fraction of sp³-hybridized carbons (Fsp3) is 0.278. The molecule has 0 saturated heterocycles. The first-order valence-corrected chi connectivity index (χ1v) is 8.64. The first-order chi connectivity index (χ1) is 10.7. The fourth-order valence-electron chi connectivity index (χ4n) is 2.20. The molecule has 114 valence electrons. The number of rotatable bonds is 3. The number of hydrogen-bond donors (Lipinski definition) is 0. The summed E-state index contributed by atoms with van der Waals surface area (Å²) in [5.74, 6) is 0. The normalized spacial score (nSPS) is 23.0. The molecule has 0 fully saturated rings. The Bertz CT molecular complexity index is 640. The molecular formula is C18H21N3S. The Kier molecular flexibility index (Phi) is 6.34. The van der Waals surface area contributed by atoms with Gasteiger partial charge in [0.05, 0.1) is 17.4 Å². The quantitative estimate of drug-likeness (QED) is 0.802. The molecule has 1 aromatic rings. The summed E-state index contributed by atoms with van der Waals surface area (Å²) in [6.45, 7) is 4.15. The number of benzene rings is 1. The van der Waals surface area contributed by atoms with Crippen LogP contribution in [0, 0.1) is 0 Å². The summed E-state index contributed by atoms with van der Waals surface area (Å²) in [4.78, 5) is 13.8. The molecular weight excluding hydrogens is 290 g/mol. The average Bonchev–Trinajstić information content (AvgIpc) is 2.55. The molecule has 22 heavy (non-hydrogen) atoms. The first-order valence-electron chi connectivity index (χ1n) is 7.35. The Morgan fingerprint density at radius 1 is 1.14 bits per heavy atom. The zero-order chi connectivity index (χ0) is 15.8. The monoisotopic (exact) mass is 311 g/mol. The molecule has 0 N–H and O–H groups in total. The Balaban J connectivity index is 2.43. The van der Waals surface area contributed by atoms with E-state index in [1.165, 1.54) is 0 Å². The average molecular weight is 311 g/mol. The molecule has 3 nitrogen and oxygen atoms in total. The van der Waals surface area contributed by atoms with Gasteiger partial charge < -0.3 is 0 Å². The molecule has 1 unspecified atom stereocenters. The lowest BCUT2D eigenvalue weighted by Crippen LogP contribution is -2.09. The van der Waals surface area contributed by atoms with Crippen LogP contribution in [0.1, 0.15) is 25.8 Å². The molecule has 1 heterocycles. The van der Waals surface area contributed by atoms with Gasteiger partial charge in [-0.2, -0.15) is 0 Å². The highest BCUT2D eigenvalue weighted by Gasteiger charge is 2.11. The van der Waals surface area contributed by atoms with E-state index in [0.717, 1.165) is 29.1 Å². The largest absolute Gasteiger partial charge is 0.280 e. The van der Waals surface area contributed by atoms with E-state index in [-0.39, 0.29) is 6.04 Å². The SMILES string of the molecule is CCC1N=C(C)/C=C(/c2ccccc2)N=CC=N/C1=C/SC. The first kappa shape index (κ1) is 16.4. The Labute approximate surface area is 136 Å². The van der Waals surface area contributed by atoms with Crippen molar-refractivity contribution in [1.29, 1.82) is 0 Å². The zero-order valence-corrected chi connectivity index (χ0v) is 14.0. The minimum absolute atomic E-state index is 0.0865. The van der Waals surface area contributed by atoms with Crippen molar-refractivity contribution in [3.63, 3.8) is 0 Å². The van der Waals surface area contributed by atoms with Gasteiger partial charge in [0, 0.05) is 23.7 Å². The summed E-state index contributed by atoms with van der Waals surface area (Å²) in [6, 6.07) is 10.2. The maximum absolute atomic E-state index is 4.80. The van der Waals surface area contributed by atoms with Gasteiger partial charge in [-0.25, -0.2) is 0 Å². The topological polar surface area (TPSA) is 37.1 Å². The lowest BCUT2D eigenvalue weighted by atomic mass is 10.1. The minimum Gasteiger partial charge on any atom is -0.280 e. The van der Waals surface area contributed by atoms with Gasteiger partial charge in [-0.1, -0.05) is 37.3 Å². The molecule has 1 aromatic carbocycles. The molecule has 0 aromatic heterocycles. The number of allylic oxidation sites excluding steroid dienone is 1. The van der Waals surface area contributed by atoms with Crippen LogP contribution in [0.15, 0.2) is 62.5 Å². The highest BCUT2D eigenvalue weighted by Crippen LogP contribution is 2.19. The van der Waals surface area contributed by atoms with Gasteiger partial charge in [0.2, 0.25) is 0 Å². The molecule has 0 aliphatic carbocycles. The van der Waals surface area contributed by atoms with Crippen LogP contribution >= 0.6 is 11.8 Å². The van der Waals surface area contributed by atoms with Gasteiger partial charge in [0.15, 0.2) is 0 Å². The van der Waals surface area contributed by atoms with E-state index in [1.807, 2.05) is 37.5 Å². The van der Waals surface area contributed by atoms with Crippen molar-refractivity contribution < 1.29 is 0 Å². The van der Waals surface area contributed by atoms with E-state index in [4.69, 9.17) is 4.99 Å². The van der Waals surface area contributed by atoms with Crippen molar-refractivity contribution in [2.45, 2.75) is 26.3 Å². The van der Waals surface area contributed by atoms with Gasteiger partial charge in [-0.05, 0) is 31.1 Å². The maximum Gasteiger partial charge on any atom is 0.0925 e. The second-order valence-electron chi connectivity index (χ2n) is 4.92. The summed E-state index contributed by atoms with van der Waals surface area (Å²) in [5.41, 5.74) is 3.93. The summed E-state index contributed by atoms with van der Waals surface area (Å²) >= 11 is 1.65. The summed E-state index contributed by atoms with van der Waals surface area (Å²) in [7, 11) is 0. The summed E-state index contributed by atoms with van der Waals surface area (Å²) in [6.07, 6.45) is 8.49. The molecule has 2 rings (SSSR count). The van der Waals surface area contributed by atoms with E-state index in [9.17, 15) is 0 Å². The van der Waals surface area contributed by atoms with Crippen LogP contribution in [0.5, 0.6) is 0 Å². The molecule has 4 heteroatoms. The molecule has 0 spiro atoms. The fourth-order valence-corrected chi connectivity index (χ4v) is 2.66. The molecule has 0 amide bonds. The van der Waals surface area contributed by atoms with Crippen LogP contribution in [0.2, 0.25) is 0 Å². The van der Waals surface area contributed by atoms with Crippen LogP contribution in [0.25, 0.3) is 5.70 Å². The molecule has 0 radical (unpaired) electrons. The van der Waals surface area contributed by atoms with E-state index < -0.39 is 0 Å². The van der Waals surface area contributed by atoms with Crippen molar-refractivity contribution >= 4 is 35.6 Å². The van der Waals surface area contributed by atoms with Crippen molar-refractivity contribution in [2.24, 2.45) is 15.0 Å². The second-order valence-corrected chi connectivity index (χ2v) is 5.63.